The summed E-state index contributed by atoms with van der Waals surface area (Å²) in [7, 11) is 2.85. The molecule has 8 heteroatoms. The molecule has 0 bridgehead atoms. The van der Waals surface area contributed by atoms with Gasteiger partial charge in [0.2, 0.25) is 5.91 Å². The van der Waals surface area contributed by atoms with Crippen molar-refractivity contribution in [3.63, 3.8) is 0 Å². The summed E-state index contributed by atoms with van der Waals surface area (Å²) in [6, 6.07) is 2.79. The van der Waals surface area contributed by atoms with Gasteiger partial charge in [0.15, 0.2) is 0 Å². The van der Waals surface area contributed by atoms with Crippen LogP contribution in [0.1, 0.15) is 22.3 Å². The molecule has 1 rings (SSSR count). The first-order chi connectivity index (χ1) is 9.66. The average Bonchev–Trinajstić information content (AvgIpc) is 2.42. The highest BCUT2D eigenvalue weighted by atomic mass is 19.4. The van der Waals surface area contributed by atoms with Gasteiger partial charge >= 0.3 is 12.1 Å². The van der Waals surface area contributed by atoms with E-state index in [0.717, 1.165) is 12.1 Å². The number of rotatable bonds is 5. The van der Waals surface area contributed by atoms with Gasteiger partial charge in [-0.15, -0.1) is 0 Å². The fourth-order valence-electron chi connectivity index (χ4n) is 1.74. The highest BCUT2D eigenvalue weighted by molar-refractivity contribution is 5.88. The van der Waals surface area contributed by atoms with E-state index >= 15 is 0 Å². The minimum absolute atomic E-state index is 0.0327. The Balaban J connectivity index is 3.10. The van der Waals surface area contributed by atoms with E-state index in [9.17, 15) is 22.8 Å². The van der Waals surface area contributed by atoms with Gasteiger partial charge < -0.3 is 15.3 Å². The number of amides is 1. The topological polar surface area (TPSA) is 69.6 Å². The summed E-state index contributed by atoms with van der Waals surface area (Å²) in [6.45, 7) is 0.0785. The Kier molecular flexibility index (Phi) is 5.17. The number of halogens is 3. The molecule has 0 aliphatic carbocycles. The zero-order valence-electron chi connectivity index (χ0n) is 11.5. The van der Waals surface area contributed by atoms with E-state index < -0.39 is 23.3 Å². The molecular weight excluding hydrogens is 289 g/mol. The number of anilines is 1. The summed E-state index contributed by atoms with van der Waals surface area (Å²) in [5.74, 6) is -1.72. The first-order valence-electron chi connectivity index (χ1n) is 6.03. The van der Waals surface area contributed by atoms with Gasteiger partial charge in [-0.2, -0.15) is 13.2 Å². The number of nitrogens with one attached hydrogen (secondary N) is 1. The number of carbonyl (C=O) groups is 2. The monoisotopic (exact) mass is 304 g/mol. The van der Waals surface area contributed by atoms with Crippen molar-refractivity contribution in [2.45, 2.75) is 12.6 Å². The molecule has 1 aromatic carbocycles. The minimum Gasteiger partial charge on any atom is -0.478 e. The molecule has 0 atom stereocenters. The van der Waals surface area contributed by atoms with E-state index in [1.165, 1.54) is 19.0 Å². The molecule has 0 aliphatic heterocycles. The Morgan fingerprint density at radius 2 is 1.95 bits per heavy atom. The summed E-state index contributed by atoms with van der Waals surface area (Å²) in [4.78, 5) is 23.2. The number of carboxylic acid groups (broad SMARTS) is 1. The molecule has 0 saturated heterocycles. The van der Waals surface area contributed by atoms with Crippen molar-refractivity contribution < 1.29 is 27.9 Å². The van der Waals surface area contributed by atoms with Gasteiger partial charge in [-0.25, -0.2) is 4.79 Å². The van der Waals surface area contributed by atoms with Crippen molar-refractivity contribution in [2.24, 2.45) is 0 Å². The maximum absolute atomic E-state index is 13.0. The smallest absolute Gasteiger partial charge is 0.418 e. The summed E-state index contributed by atoms with van der Waals surface area (Å²) in [6.07, 6.45) is -4.65. The third-order valence-electron chi connectivity index (χ3n) is 2.91. The average molecular weight is 304 g/mol. The van der Waals surface area contributed by atoms with E-state index in [2.05, 4.69) is 5.32 Å². The van der Waals surface area contributed by atoms with E-state index in [1.54, 1.807) is 0 Å². The number of carboxylic acids is 1. The molecule has 5 nitrogen and oxygen atoms in total. The molecule has 2 N–H and O–H groups in total. The van der Waals surface area contributed by atoms with Crippen LogP contribution in [0.4, 0.5) is 18.9 Å². The van der Waals surface area contributed by atoms with E-state index in [0.29, 0.717) is 6.07 Å². The Bertz CT molecular complexity index is 544. The van der Waals surface area contributed by atoms with Crippen LogP contribution in [0.2, 0.25) is 0 Å². The highest BCUT2D eigenvalue weighted by Gasteiger charge is 2.35. The standard InChI is InChI=1S/C13H15F3N2O3/c1-17-11(19)5-6-18(2)10-4-3-8(12(20)21)7-9(10)13(14,15)16/h3-4,7H,5-6H2,1-2H3,(H,17,19)(H,20,21). The quantitative estimate of drug-likeness (QED) is 0.872. The van der Waals surface area contributed by atoms with Crippen molar-refractivity contribution >= 4 is 17.6 Å². The second-order valence-electron chi connectivity index (χ2n) is 4.38. The van der Waals surface area contributed by atoms with Crippen molar-refractivity contribution in [1.82, 2.24) is 5.32 Å². The van der Waals surface area contributed by atoms with Gasteiger partial charge in [-0.1, -0.05) is 0 Å². The number of aromatic carboxylic acids is 1. The molecular formula is C13H15F3N2O3. The van der Waals surface area contributed by atoms with Crippen molar-refractivity contribution in [3.05, 3.63) is 29.3 Å². The Morgan fingerprint density at radius 3 is 2.43 bits per heavy atom. The van der Waals surface area contributed by atoms with Gasteiger partial charge in [0.1, 0.15) is 0 Å². The van der Waals surface area contributed by atoms with Crippen LogP contribution in [0.5, 0.6) is 0 Å². The Hall–Kier alpha value is -2.25. The molecule has 0 radical (unpaired) electrons. The van der Waals surface area contributed by atoms with Crippen LogP contribution in [0.15, 0.2) is 18.2 Å². The second-order valence-corrected chi connectivity index (χ2v) is 4.38. The van der Waals surface area contributed by atoms with Crippen LogP contribution in [-0.4, -0.2) is 37.6 Å². The molecule has 0 aromatic heterocycles. The number of carbonyl (C=O) groups excluding carboxylic acids is 1. The van der Waals surface area contributed by atoms with Crippen LogP contribution < -0.4 is 10.2 Å². The van der Waals surface area contributed by atoms with Crippen LogP contribution in [0.25, 0.3) is 0 Å². The van der Waals surface area contributed by atoms with Gasteiger partial charge in [-0.3, -0.25) is 4.79 Å². The van der Waals surface area contributed by atoms with Crippen LogP contribution >= 0.6 is 0 Å². The highest BCUT2D eigenvalue weighted by Crippen LogP contribution is 2.37. The number of nitrogens with zero attached hydrogens (tertiary/aromatic N) is 1. The first kappa shape index (κ1) is 16.8. The van der Waals surface area contributed by atoms with Crippen LogP contribution in [0, 0.1) is 0 Å². The molecule has 0 spiro atoms. The number of hydrogen-bond donors (Lipinski definition) is 2. The molecule has 1 amide bonds. The Morgan fingerprint density at radius 1 is 1.33 bits per heavy atom. The van der Waals surface area contributed by atoms with E-state index in [1.807, 2.05) is 0 Å². The molecule has 116 valence electrons. The van der Waals surface area contributed by atoms with Crippen molar-refractivity contribution in [1.29, 1.82) is 0 Å². The predicted molar refractivity (Wildman–Crippen MR) is 70.4 cm³/mol. The molecule has 0 fully saturated rings. The summed E-state index contributed by atoms with van der Waals surface area (Å²) >= 11 is 0. The zero-order chi connectivity index (χ0) is 16.2. The van der Waals surface area contributed by atoms with Crippen LogP contribution in [-0.2, 0) is 11.0 Å². The third-order valence-corrected chi connectivity index (χ3v) is 2.91. The zero-order valence-corrected chi connectivity index (χ0v) is 11.5. The van der Waals surface area contributed by atoms with E-state index in [4.69, 9.17) is 5.11 Å². The maximum Gasteiger partial charge on any atom is 0.418 e. The summed E-state index contributed by atoms with van der Waals surface area (Å²) in [5.41, 5.74) is -1.65. The van der Waals surface area contributed by atoms with Crippen molar-refractivity contribution in [2.75, 3.05) is 25.5 Å². The normalized spacial score (nSPS) is 11.1. The molecule has 0 aliphatic rings. The fraction of sp³-hybridized carbons (Fsp3) is 0.385. The Labute approximate surface area is 119 Å². The lowest BCUT2D eigenvalue weighted by molar-refractivity contribution is -0.137. The third kappa shape index (κ3) is 4.37. The number of benzene rings is 1. The number of hydrogen-bond acceptors (Lipinski definition) is 3. The predicted octanol–water partition coefficient (Wildman–Crippen LogP) is 1.98. The number of alkyl halides is 3. The summed E-state index contributed by atoms with van der Waals surface area (Å²) in [5, 5.41) is 11.2. The molecule has 0 unspecified atom stereocenters. The molecule has 0 heterocycles. The molecule has 0 saturated carbocycles. The van der Waals surface area contributed by atoms with Gasteiger partial charge in [0, 0.05) is 32.7 Å². The maximum atomic E-state index is 13.0. The first-order valence-corrected chi connectivity index (χ1v) is 6.03. The lowest BCUT2D eigenvalue weighted by Crippen LogP contribution is -2.28. The largest absolute Gasteiger partial charge is 0.478 e. The fourth-order valence-corrected chi connectivity index (χ4v) is 1.74. The molecule has 21 heavy (non-hydrogen) atoms. The lowest BCUT2D eigenvalue weighted by atomic mass is 10.1. The van der Waals surface area contributed by atoms with Gasteiger partial charge in [0.25, 0.3) is 0 Å². The minimum atomic E-state index is -4.68. The van der Waals surface area contributed by atoms with Gasteiger partial charge in [-0.05, 0) is 18.2 Å². The second kappa shape index (κ2) is 6.47. The lowest BCUT2D eigenvalue weighted by Gasteiger charge is -2.23. The van der Waals surface area contributed by atoms with E-state index in [-0.39, 0.29) is 24.6 Å². The van der Waals surface area contributed by atoms with Gasteiger partial charge in [0.05, 0.1) is 11.1 Å². The SMILES string of the molecule is CNC(=O)CCN(C)c1ccc(C(=O)O)cc1C(F)(F)F. The van der Waals surface area contributed by atoms with Crippen molar-refractivity contribution in [3.8, 4) is 0 Å². The molecule has 1 aromatic rings. The summed E-state index contributed by atoms with van der Waals surface area (Å²) < 4.78 is 39.1. The van der Waals surface area contributed by atoms with Crippen LogP contribution in [0.3, 0.4) is 0 Å².